The lowest BCUT2D eigenvalue weighted by atomic mass is 10.1. The van der Waals surface area contributed by atoms with Crippen molar-refractivity contribution in [3.8, 4) is 0 Å². The van der Waals surface area contributed by atoms with E-state index in [1.807, 2.05) is 39.0 Å². The van der Waals surface area contributed by atoms with E-state index in [0.717, 1.165) is 16.7 Å². The molecule has 1 heterocycles. The Morgan fingerprint density at radius 2 is 1.74 bits per heavy atom. The highest BCUT2D eigenvalue weighted by atomic mass is 16.3. The molecule has 1 aromatic heterocycles. The van der Waals surface area contributed by atoms with Crippen LogP contribution in [0.5, 0.6) is 0 Å². The molecule has 0 fully saturated rings. The summed E-state index contributed by atoms with van der Waals surface area (Å²) in [5.41, 5.74) is 5.34. The molecule has 2 aromatic carbocycles. The highest BCUT2D eigenvalue weighted by Gasteiger charge is 2.13. The molecule has 0 aliphatic carbocycles. The molecule has 0 radical (unpaired) electrons. The van der Waals surface area contributed by atoms with Crippen LogP contribution in [0.25, 0.3) is 0 Å². The van der Waals surface area contributed by atoms with Gasteiger partial charge in [0.05, 0.1) is 6.26 Å². The minimum Gasteiger partial charge on any atom is -0.459 e. The zero-order valence-corrected chi connectivity index (χ0v) is 15.6. The summed E-state index contributed by atoms with van der Waals surface area (Å²) in [6.07, 6.45) is 1.44. The molecule has 0 atom stereocenters. The zero-order valence-electron chi connectivity index (χ0n) is 15.6. The lowest BCUT2D eigenvalue weighted by Gasteiger charge is -2.11. The van der Waals surface area contributed by atoms with Crippen LogP contribution in [-0.4, -0.2) is 11.8 Å². The van der Waals surface area contributed by atoms with E-state index in [0.29, 0.717) is 17.8 Å². The second-order valence-corrected chi connectivity index (χ2v) is 6.57. The van der Waals surface area contributed by atoms with Crippen LogP contribution in [0.1, 0.15) is 43.2 Å². The molecule has 0 saturated heterocycles. The second-order valence-electron chi connectivity index (χ2n) is 6.57. The standard InChI is InChI=1S/C22H22N2O3/c1-14-6-8-18(16(3)11-14)13-23-21(25)17-9-7-15(2)19(12-17)24-22(26)20-5-4-10-27-20/h4-12H,13H2,1-3H3,(H,23,25)(H,24,26). The van der Waals surface area contributed by atoms with Crippen LogP contribution in [0.4, 0.5) is 5.69 Å². The lowest BCUT2D eigenvalue weighted by Crippen LogP contribution is -2.23. The van der Waals surface area contributed by atoms with Crippen LogP contribution >= 0.6 is 0 Å². The minimum absolute atomic E-state index is 0.191. The van der Waals surface area contributed by atoms with E-state index in [-0.39, 0.29) is 17.6 Å². The van der Waals surface area contributed by atoms with Crippen molar-refractivity contribution >= 4 is 17.5 Å². The van der Waals surface area contributed by atoms with E-state index in [1.165, 1.54) is 11.8 Å². The highest BCUT2D eigenvalue weighted by Crippen LogP contribution is 2.19. The Labute approximate surface area is 158 Å². The fourth-order valence-corrected chi connectivity index (χ4v) is 2.81. The molecule has 0 spiro atoms. The Balaban J connectivity index is 1.70. The first-order chi connectivity index (χ1) is 12.9. The SMILES string of the molecule is Cc1ccc(CNC(=O)c2ccc(C)c(NC(=O)c3ccco3)c2)c(C)c1. The van der Waals surface area contributed by atoms with Gasteiger partial charge in [0.1, 0.15) is 0 Å². The molecule has 3 aromatic rings. The first kappa shape index (κ1) is 18.5. The Hall–Kier alpha value is -3.34. The maximum Gasteiger partial charge on any atom is 0.291 e. The van der Waals surface area contributed by atoms with Crippen LogP contribution in [0.15, 0.2) is 59.2 Å². The number of amides is 2. The topological polar surface area (TPSA) is 71.3 Å². The van der Waals surface area contributed by atoms with Crippen LogP contribution in [-0.2, 0) is 6.54 Å². The molecule has 0 aliphatic heterocycles. The van der Waals surface area contributed by atoms with Crippen molar-refractivity contribution in [2.45, 2.75) is 27.3 Å². The van der Waals surface area contributed by atoms with E-state index in [4.69, 9.17) is 4.42 Å². The molecule has 0 saturated carbocycles. The number of hydrogen-bond donors (Lipinski definition) is 2. The number of anilines is 1. The van der Waals surface area contributed by atoms with Crippen LogP contribution in [0.3, 0.4) is 0 Å². The molecule has 0 aliphatic rings. The summed E-state index contributed by atoms with van der Waals surface area (Å²) in [7, 11) is 0. The molecule has 138 valence electrons. The number of hydrogen-bond acceptors (Lipinski definition) is 3. The molecular formula is C22H22N2O3. The second kappa shape index (κ2) is 7.91. The molecule has 5 nitrogen and oxygen atoms in total. The van der Waals surface area contributed by atoms with Crippen molar-refractivity contribution in [1.82, 2.24) is 5.32 Å². The van der Waals surface area contributed by atoms with Gasteiger partial charge in [-0.1, -0.05) is 29.8 Å². The van der Waals surface area contributed by atoms with Gasteiger partial charge in [-0.05, 0) is 61.7 Å². The third kappa shape index (κ3) is 4.44. The van der Waals surface area contributed by atoms with Gasteiger partial charge in [0.2, 0.25) is 0 Å². The maximum atomic E-state index is 12.5. The van der Waals surface area contributed by atoms with Crippen molar-refractivity contribution < 1.29 is 14.0 Å². The number of rotatable bonds is 5. The average Bonchev–Trinajstić information content (AvgIpc) is 3.17. The molecule has 0 unspecified atom stereocenters. The fourth-order valence-electron chi connectivity index (χ4n) is 2.81. The van der Waals surface area contributed by atoms with Crippen LogP contribution in [0, 0.1) is 20.8 Å². The normalized spacial score (nSPS) is 10.5. The Morgan fingerprint density at radius 3 is 2.44 bits per heavy atom. The summed E-state index contributed by atoms with van der Waals surface area (Å²) in [5, 5.41) is 5.72. The largest absolute Gasteiger partial charge is 0.459 e. The third-order valence-electron chi connectivity index (χ3n) is 4.43. The van der Waals surface area contributed by atoms with Crippen LogP contribution < -0.4 is 10.6 Å². The Kier molecular flexibility index (Phi) is 5.41. The van der Waals surface area contributed by atoms with Gasteiger partial charge in [0.25, 0.3) is 11.8 Å². The van der Waals surface area contributed by atoms with Gasteiger partial charge in [-0.15, -0.1) is 0 Å². The smallest absolute Gasteiger partial charge is 0.291 e. The van der Waals surface area contributed by atoms with Gasteiger partial charge in [0, 0.05) is 17.8 Å². The summed E-state index contributed by atoms with van der Waals surface area (Å²) in [4.78, 5) is 24.7. The van der Waals surface area contributed by atoms with E-state index in [9.17, 15) is 9.59 Å². The van der Waals surface area contributed by atoms with Gasteiger partial charge >= 0.3 is 0 Å². The summed E-state index contributed by atoms with van der Waals surface area (Å²) < 4.78 is 5.10. The summed E-state index contributed by atoms with van der Waals surface area (Å²) >= 11 is 0. The predicted molar refractivity (Wildman–Crippen MR) is 105 cm³/mol. The summed E-state index contributed by atoms with van der Waals surface area (Å²) in [5.74, 6) is -0.321. The number of furan rings is 1. The van der Waals surface area contributed by atoms with E-state index in [2.05, 4.69) is 16.7 Å². The van der Waals surface area contributed by atoms with Crippen LogP contribution in [0.2, 0.25) is 0 Å². The predicted octanol–water partition coefficient (Wildman–Crippen LogP) is 4.39. The number of carbonyl (C=O) groups excluding carboxylic acids is 2. The van der Waals surface area contributed by atoms with Gasteiger partial charge in [-0.2, -0.15) is 0 Å². The average molecular weight is 362 g/mol. The van der Waals surface area contributed by atoms with Crippen molar-refractivity contribution in [3.05, 3.63) is 88.4 Å². The molecular weight excluding hydrogens is 340 g/mol. The van der Waals surface area contributed by atoms with Crippen molar-refractivity contribution in [2.75, 3.05) is 5.32 Å². The molecule has 0 bridgehead atoms. The number of aryl methyl sites for hydroxylation is 3. The van der Waals surface area contributed by atoms with Crippen molar-refractivity contribution in [2.24, 2.45) is 0 Å². The van der Waals surface area contributed by atoms with E-state index in [1.54, 1.807) is 24.3 Å². The molecule has 27 heavy (non-hydrogen) atoms. The lowest BCUT2D eigenvalue weighted by molar-refractivity contribution is 0.0949. The maximum absolute atomic E-state index is 12.5. The van der Waals surface area contributed by atoms with Crippen molar-refractivity contribution in [3.63, 3.8) is 0 Å². The zero-order chi connectivity index (χ0) is 19.4. The molecule has 2 amide bonds. The van der Waals surface area contributed by atoms with Gasteiger partial charge in [0.15, 0.2) is 5.76 Å². The summed E-state index contributed by atoms with van der Waals surface area (Å²) in [6, 6.07) is 14.6. The number of nitrogens with one attached hydrogen (secondary N) is 2. The molecule has 3 rings (SSSR count). The monoisotopic (exact) mass is 362 g/mol. The number of carbonyl (C=O) groups is 2. The van der Waals surface area contributed by atoms with Crippen molar-refractivity contribution in [1.29, 1.82) is 0 Å². The first-order valence-electron chi connectivity index (χ1n) is 8.74. The van der Waals surface area contributed by atoms with Gasteiger partial charge < -0.3 is 15.1 Å². The van der Waals surface area contributed by atoms with E-state index >= 15 is 0 Å². The first-order valence-corrected chi connectivity index (χ1v) is 8.74. The molecule has 5 heteroatoms. The van der Waals surface area contributed by atoms with Gasteiger partial charge in [-0.3, -0.25) is 9.59 Å². The fraction of sp³-hybridized carbons (Fsp3) is 0.182. The van der Waals surface area contributed by atoms with Gasteiger partial charge in [-0.25, -0.2) is 0 Å². The quantitative estimate of drug-likeness (QED) is 0.707. The summed E-state index contributed by atoms with van der Waals surface area (Å²) in [6.45, 7) is 6.39. The Morgan fingerprint density at radius 1 is 0.926 bits per heavy atom. The number of benzene rings is 2. The third-order valence-corrected chi connectivity index (χ3v) is 4.43. The minimum atomic E-state index is -0.351. The Bertz CT molecular complexity index is 975. The highest BCUT2D eigenvalue weighted by molar-refractivity contribution is 6.03. The van der Waals surface area contributed by atoms with E-state index < -0.39 is 0 Å². The molecule has 2 N–H and O–H groups in total.